The minimum Gasteiger partial charge on any atom is -0.503 e. The number of benzene rings is 3. The molecule has 0 aliphatic carbocycles. The molecule has 39 heavy (non-hydrogen) atoms. The molecular formula is C31H28N2O5S. The first-order chi connectivity index (χ1) is 18.8. The van der Waals surface area contributed by atoms with Crippen LogP contribution in [0.5, 0.6) is 11.5 Å². The SMILES string of the molecule is CCOc1ccc(C2C(C(=O)/C=C/c3ccccc3)=C(O)C(=O)N2c2nc3c(C)cc(C)cc3s2)cc1OC. The van der Waals surface area contributed by atoms with Crippen LogP contribution in [0.1, 0.15) is 35.2 Å². The fourth-order valence-corrected chi connectivity index (χ4v) is 5.95. The fourth-order valence-electron chi connectivity index (χ4n) is 4.79. The molecule has 7 nitrogen and oxygen atoms in total. The number of rotatable bonds is 8. The Morgan fingerprint density at radius 1 is 1.10 bits per heavy atom. The number of ether oxygens (including phenoxy) is 2. The molecule has 0 saturated carbocycles. The van der Waals surface area contributed by atoms with Crippen molar-refractivity contribution < 1.29 is 24.2 Å². The number of thiazole rings is 1. The van der Waals surface area contributed by atoms with Crippen molar-refractivity contribution in [1.29, 1.82) is 0 Å². The summed E-state index contributed by atoms with van der Waals surface area (Å²) in [6.45, 7) is 6.30. The van der Waals surface area contributed by atoms with Gasteiger partial charge in [-0.05, 0) is 67.3 Å². The minimum absolute atomic E-state index is 0.0226. The zero-order valence-electron chi connectivity index (χ0n) is 22.1. The van der Waals surface area contributed by atoms with E-state index in [9.17, 15) is 14.7 Å². The molecule has 5 rings (SSSR count). The highest BCUT2D eigenvalue weighted by molar-refractivity contribution is 7.22. The van der Waals surface area contributed by atoms with Gasteiger partial charge in [-0.15, -0.1) is 0 Å². The average Bonchev–Trinajstić information content (AvgIpc) is 3.46. The number of fused-ring (bicyclic) bond motifs is 1. The van der Waals surface area contributed by atoms with Gasteiger partial charge in [-0.3, -0.25) is 14.5 Å². The molecule has 0 radical (unpaired) electrons. The smallest absolute Gasteiger partial charge is 0.296 e. The molecule has 1 atom stereocenters. The summed E-state index contributed by atoms with van der Waals surface area (Å²) >= 11 is 1.34. The Kier molecular flexibility index (Phi) is 7.21. The number of aryl methyl sites for hydroxylation is 2. The van der Waals surface area contributed by atoms with Crippen molar-refractivity contribution in [2.75, 3.05) is 18.6 Å². The molecule has 1 aliphatic rings. The van der Waals surface area contributed by atoms with E-state index in [1.165, 1.54) is 29.4 Å². The third-order valence-corrected chi connectivity index (χ3v) is 7.53. The molecule has 4 aromatic rings. The van der Waals surface area contributed by atoms with Crippen molar-refractivity contribution in [1.82, 2.24) is 4.98 Å². The van der Waals surface area contributed by atoms with Gasteiger partial charge in [0.05, 0.1) is 35.5 Å². The van der Waals surface area contributed by atoms with E-state index in [-0.39, 0.29) is 5.57 Å². The van der Waals surface area contributed by atoms with Crippen molar-refractivity contribution in [2.24, 2.45) is 0 Å². The lowest BCUT2D eigenvalue weighted by atomic mass is 9.95. The zero-order chi connectivity index (χ0) is 27.7. The summed E-state index contributed by atoms with van der Waals surface area (Å²) in [5, 5.41) is 11.5. The van der Waals surface area contributed by atoms with Gasteiger partial charge in [-0.2, -0.15) is 0 Å². The van der Waals surface area contributed by atoms with Crippen molar-refractivity contribution in [3.8, 4) is 11.5 Å². The van der Waals surface area contributed by atoms with Crippen molar-refractivity contribution >= 4 is 44.5 Å². The monoisotopic (exact) mass is 540 g/mol. The Balaban J connectivity index is 1.65. The molecular weight excluding hydrogens is 512 g/mol. The van der Waals surface area contributed by atoms with Crippen LogP contribution in [0.2, 0.25) is 0 Å². The summed E-state index contributed by atoms with van der Waals surface area (Å²) in [6.07, 6.45) is 3.04. The molecule has 2 heterocycles. The van der Waals surface area contributed by atoms with Crippen LogP contribution >= 0.6 is 11.3 Å². The standard InChI is InChI=1S/C31H28N2O5S/c1-5-38-23-14-12-21(17-24(23)37-4)28-26(22(34)13-11-20-9-7-6-8-10-20)29(35)30(36)33(28)31-32-27-19(3)15-18(2)16-25(27)39-31/h6-17,28,35H,5H2,1-4H3/b13-11+. The summed E-state index contributed by atoms with van der Waals surface area (Å²) in [7, 11) is 1.53. The highest BCUT2D eigenvalue weighted by Crippen LogP contribution is 2.45. The lowest BCUT2D eigenvalue weighted by molar-refractivity contribution is -0.117. The third-order valence-electron chi connectivity index (χ3n) is 6.53. The molecule has 1 amide bonds. The van der Waals surface area contributed by atoms with Crippen LogP contribution in [-0.4, -0.2) is 35.5 Å². The van der Waals surface area contributed by atoms with Crippen LogP contribution in [0.15, 0.2) is 78.1 Å². The van der Waals surface area contributed by atoms with E-state index < -0.39 is 23.5 Å². The molecule has 0 spiro atoms. The largest absolute Gasteiger partial charge is 0.503 e. The first-order valence-corrected chi connectivity index (χ1v) is 13.4. The Bertz CT molecular complexity index is 1640. The maximum absolute atomic E-state index is 13.6. The van der Waals surface area contributed by atoms with Crippen molar-refractivity contribution in [2.45, 2.75) is 26.8 Å². The number of aromatic nitrogens is 1. The van der Waals surface area contributed by atoms with Gasteiger partial charge in [0, 0.05) is 0 Å². The van der Waals surface area contributed by atoms with Gasteiger partial charge in [0.1, 0.15) is 0 Å². The van der Waals surface area contributed by atoms with Crippen LogP contribution in [0, 0.1) is 13.8 Å². The number of carbonyl (C=O) groups excluding carboxylic acids is 2. The molecule has 8 heteroatoms. The summed E-state index contributed by atoms with van der Waals surface area (Å²) < 4.78 is 12.1. The van der Waals surface area contributed by atoms with Gasteiger partial charge in [0.25, 0.3) is 5.91 Å². The molecule has 1 N–H and O–H groups in total. The summed E-state index contributed by atoms with van der Waals surface area (Å²) in [6, 6.07) is 17.7. The van der Waals surface area contributed by atoms with E-state index in [0.717, 1.165) is 26.9 Å². The molecule has 1 aliphatic heterocycles. The molecule has 0 saturated heterocycles. The Hall–Kier alpha value is -4.43. The predicted octanol–water partition coefficient (Wildman–Crippen LogP) is 6.50. The lowest BCUT2D eigenvalue weighted by Gasteiger charge is -2.25. The predicted molar refractivity (Wildman–Crippen MR) is 154 cm³/mol. The van der Waals surface area contributed by atoms with E-state index in [1.54, 1.807) is 24.3 Å². The van der Waals surface area contributed by atoms with Gasteiger partial charge in [0.2, 0.25) is 0 Å². The number of aliphatic hydroxyl groups is 1. The van der Waals surface area contributed by atoms with E-state index in [1.807, 2.05) is 63.2 Å². The van der Waals surface area contributed by atoms with Gasteiger partial charge >= 0.3 is 0 Å². The van der Waals surface area contributed by atoms with E-state index in [4.69, 9.17) is 14.5 Å². The quantitative estimate of drug-likeness (QED) is 0.257. The number of aliphatic hydroxyl groups excluding tert-OH is 1. The number of nitrogens with zero attached hydrogens (tertiary/aromatic N) is 2. The molecule has 0 fully saturated rings. The number of anilines is 1. The Morgan fingerprint density at radius 3 is 2.59 bits per heavy atom. The van der Waals surface area contributed by atoms with E-state index in [2.05, 4.69) is 0 Å². The highest BCUT2D eigenvalue weighted by Gasteiger charge is 2.45. The van der Waals surface area contributed by atoms with Crippen LogP contribution in [-0.2, 0) is 9.59 Å². The molecule has 3 aromatic carbocycles. The van der Waals surface area contributed by atoms with Gasteiger partial charge in [0.15, 0.2) is 28.2 Å². The van der Waals surface area contributed by atoms with Crippen LogP contribution in [0.4, 0.5) is 5.13 Å². The van der Waals surface area contributed by atoms with Crippen LogP contribution < -0.4 is 14.4 Å². The van der Waals surface area contributed by atoms with Crippen LogP contribution in [0.3, 0.4) is 0 Å². The molecule has 1 unspecified atom stereocenters. The first-order valence-electron chi connectivity index (χ1n) is 12.5. The second kappa shape index (κ2) is 10.7. The molecule has 1 aromatic heterocycles. The number of hydrogen-bond acceptors (Lipinski definition) is 7. The number of carbonyl (C=O) groups is 2. The van der Waals surface area contributed by atoms with Gasteiger partial charge in [-0.25, -0.2) is 4.98 Å². The maximum atomic E-state index is 13.6. The number of allylic oxidation sites excluding steroid dienone is 1. The first kappa shape index (κ1) is 26.2. The van der Waals surface area contributed by atoms with E-state index in [0.29, 0.717) is 28.8 Å². The van der Waals surface area contributed by atoms with Crippen molar-refractivity contribution in [3.05, 3.63) is 100 Å². The Morgan fingerprint density at radius 2 is 1.87 bits per heavy atom. The van der Waals surface area contributed by atoms with Crippen LogP contribution in [0.25, 0.3) is 16.3 Å². The highest BCUT2D eigenvalue weighted by atomic mass is 32.1. The Labute approximate surface area is 230 Å². The number of ketones is 1. The topological polar surface area (TPSA) is 89.0 Å². The number of hydrogen-bond donors (Lipinski definition) is 1. The second-order valence-electron chi connectivity index (χ2n) is 9.22. The normalized spacial score (nSPS) is 15.5. The summed E-state index contributed by atoms with van der Waals surface area (Å²) in [4.78, 5) is 33.3. The average molecular weight is 541 g/mol. The molecule has 198 valence electrons. The maximum Gasteiger partial charge on any atom is 0.296 e. The minimum atomic E-state index is -0.919. The summed E-state index contributed by atoms with van der Waals surface area (Å²) in [5.74, 6) is -0.759. The van der Waals surface area contributed by atoms with Crippen molar-refractivity contribution in [3.63, 3.8) is 0 Å². The lowest BCUT2D eigenvalue weighted by Crippen LogP contribution is -2.30. The van der Waals surface area contributed by atoms with Gasteiger partial charge in [-0.1, -0.05) is 59.9 Å². The zero-order valence-corrected chi connectivity index (χ0v) is 22.9. The number of amides is 1. The second-order valence-corrected chi connectivity index (χ2v) is 10.2. The fraction of sp³-hybridized carbons (Fsp3) is 0.194. The van der Waals surface area contributed by atoms with Gasteiger partial charge < -0.3 is 14.6 Å². The number of methoxy groups -OCH3 is 1. The van der Waals surface area contributed by atoms with E-state index >= 15 is 0 Å². The molecule has 0 bridgehead atoms. The summed E-state index contributed by atoms with van der Waals surface area (Å²) in [5.41, 5.74) is 4.22. The third kappa shape index (κ3) is 4.91.